The molecule has 0 aliphatic carbocycles. The Labute approximate surface area is 136 Å². The summed E-state index contributed by atoms with van der Waals surface area (Å²) in [5.74, 6) is -1.82. The van der Waals surface area contributed by atoms with Crippen LogP contribution in [0.5, 0.6) is 0 Å². The van der Waals surface area contributed by atoms with Crippen LogP contribution in [0.15, 0.2) is 42.5 Å². The molecule has 0 aliphatic rings. The second-order valence-electron chi connectivity index (χ2n) is 4.67. The van der Waals surface area contributed by atoms with E-state index in [1.54, 1.807) is 25.1 Å². The molecule has 0 unspecified atom stereocenters. The number of anilines is 2. The van der Waals surface area contributed by atoms with Crippen molar-refractivity contribution in [2.45, 2.75) is 6.92 Å². The highest BCUT2D eigenvalue weighted by molar-refractivity contribution is 6.43. The van der Waals surface area contributed by atoms with Crippen molar-refractivity contribution in [2.75, 3.05) is 10.6 Å². The maximum absolute atomic E-state index is 11.9. The Balaban J connectivity index is 2.07. The number of nitrogens with one attached hydrogen (secondary N) is 2. The van der Waals surface area contributed by atoms with E-state index in [1.807, 2.05) is 0 Å². The van der Waals surface area contributed by atoms with Gasteiger partial charge in [-0.1, -0.05) is 17.7 Å². The number of nitrogens with zero attached hydrogens (tertiary/aromatic N) is 1. The van der Waals surface area contributed by atoms with Gasteiger partial charge in [-0.2, -0.15) is 0 Å². The van der Waals surface area contributed by atoms with Crippen LogP contribution in [0, 0.1) is 17.0 Å². The van der Waals surface area contributed by atoms with E-state index < -0.39 is 16.7 Å². The molecule has 118 valence electrons. The summed E-state index contributed by atoms with van der Waals surface area (Å²) in [5.41, 5.74) is 1.13. The molecule has 0 radical (unpaired) electrons. The van der Waals surface area contributed by atoms with Crippen molar-refractivity contribution in [1.82, 2.24) is 0 Å². The number of hydrogen-bond donors (Lipinski definition) is 2. The number of nitro groups is 1. The first-order valence-corrected chi connectivity index (χ1v) is 6.87. The molecule has 8 heteroatoms. The molecule has 0 aliphatic heterocycles. The molecule has 0 bridgehead atoms. The standard InChI is InChI=1S/C15H12ClN3O4/c1-9-7-10(16)5-6-13(9)18-15(21)14(20)17-11-3-2-4-12(8-11)19(22)23/h2-8H,1H3,(H,17,20)(H,18,21). The Morgan fingerprint density at radius 1 is 1.09 bits per heavy atom. The molecular formula is C15H12ClN3O4. The lowest BCUT2D eigenvalue weighted by molar-refractivity contribution is -0.384. The van der Waals surface area contributed by atoms with Crippen LogP contribution >= 0.6 is 11.6 Å². The summed E-state index contributed by atoms with van der Waals surface area (Å²) in [6.07, 6.45) is 0. The average molecular weight is 334 g/mol. The summed E-state index contributed by atoms with van der Waals surface area (Å²) in [4.78, 5) is 33.8. The van der Waals surface area contributed by atoms with E-state index in [2.05, 4.69) is 10.6 Å². The van der Waals surface area contributed by atoms with Gasteiger partial charge in [0.25, 0.3) is 5.69 Å². The molecule has 0 saturated heterocycles. The van der Waals surface area contributed by atoms with Crippen molar-refractivity contribution >= 4 is 40.5 Å². The zero-order chi connectivity index (χ0) is 17.0. The average Bonchev–Trinajstić information content (AvgIpc) is 2.50. The molecule has 0 heterocycles. The Bertz CT molecular complexity index is 792. The van der Waals surface area contributed by atoms with Crippen LogP contribution in [-0.2, 0) is 9.59 Å². The largest absolute Gasteiger partial charge is 0.318 e. The number of non-ortho nitro benzene ring substituents is 1. The first-order valence-electron chi connectivity index (χ1n) is 6.50. The molecular weight excluding hydrogens is 322 g/mol. The summed E-state index contributed by atoms with van der Waals surface area (Å²) in [6.45, 7) is 1.74. The van der Waals surface area contributed by atoms with Crippen LogP contribution in [0.3, 0.4) is 0 Å². The van der Waals surface area contributed by atoms with Gasteiger partial charge in [-0.3, -0.25) is 19.7 Å². The Hall–Kier alpha value is -2.93. The quantitative estimate of drug-likeness (QED) is 0.511. The summed E-state index contributed by atoms with van der Waals surface area (Å²) < 4.78 is 0. The lowest BCUT2D eigenvalue weighted by Crippen LogP contribution is -2.29. The minimum absolute atomic E-state index is 0.159. The van der Waals surface area contributed by atoms with Crippen LogP contribution in [0.1, 0.15) is 5.56 Å². The van der Waals surface area contributed by atoms with Crippen molar-refractivity contribution in [3.8, 4) is 0 Å². The molecule has 2 N–H and O–H groups in total. The number of carbonyl (C=O) groups excluding carboxylic acids is 2. The van der Waals surface area contributed by atoms with Crippen LogP contribution < -0.4 is 10.6 Å². The fraction of sp³-hybridized carbons (Fsp3) is 0.0667. The Morgan fingerprint density at radius 3 is 2.43 bits per heavy atom. The van der Waals surface area contributed by atoms with Gasteiger partial charge in [0, 0.05) is 28.5 Å². The van der Waals surface area contributed by atoms with Crippen molar-refractivity contribution in [3.63, 3.8) is 0 Å². The fourth-order valence-electron chi connectivity index (χ4n) is 1.83. The molecule has 2 amide bonds. The number of benzene rings is 2. The number of amides is 2. The van der Waals surface area contributed by atoms with Gasteiger partial charge in [-0.25, -0.2) is 0 Å². The number of carbonyl (C=O) groups is 2. The molecule has 0 aromatic heterocycles. The van der Waals surface area contributed by atoms with E-state index in [0.29, 0.717) is 16.3 Å². The molecule has 0 atom stereocenters. The third-order valence-electron chi connectivity index (χ3n) is 2.96. The predicted molar refractivity (Wildman–Crippen MR) is 86.5 cm³/mol. The minimum Gasteiger partial charge on any atom is -0.318 e. The molecule has 0 spiro atoms. The molecule has 2 aromatic carbocycles. The summed E-state index contributed by atoms with van der Waals surface area (Å²) in [6, 6.07) is 10.1. The van der Waals surface area contributed by atoms with E-state index in [-0.39, 0.29) is 11.4 Å². The van der Waals surface area contributed by atoms with Crippen molar-refractivity contribution < 1.29 is 14.5 Å². The number of halogens is 1. The number of nitro benzene ring substituents is 1. The van der Waals surface area contributed by atoms with Gasteiger partial charge in [-0.05, 0) is 36.8 Å². The highest BCUT2D eigenvalue weighted by atomic mass is 35.5. The van der Waals surface area contributed by atoms with Crippen LogP contribution in [0.25, 0.3) is 0 Å². The van der Waals surface area contributed by atoms with Gasteiger partial charge in [0.15, 0.2) is 0 Å². The van der Waals surface area contributed by atoms with Gasteiger partial charge < -0.3 is 10.6 Å². The highest BCUT2D eigenvalue weighted by Gasteiger charge is 2.16. The van der Waals surface area contributed by atoms with E-state index >= 15 is 0 Å². The second-order valence-corrected chi connectivity index (χ2v) is 5.11. The number of rotatable bonds is 3. The maximum atomic E-state index is 11.9. The van der Waals surface area contributed by atoms with E-state index in [1.165, 1.54) is 24.3 Å². The van der Waals surface area contributed by atoms with E-state index in [9.17, 15) is 19.7 Å². The Morgan fingerprint density at radius 2 is 1.78 bits per heavy atom. The van der Waals surface area contributed by atoms with Crippen LogP contribution in [0.4, 0.5) is 17.1 Å². The SMILES string of the molecule is Cc1cc(Cl)ccc1NC(=O)C(=O)Nc1cccc([N+](=O)[O-])c1. The van der Waals surface area contributed by atoms with Gasteiger partial charge in [0.1, 0.15) is 0 Å². The summed E-state index contributed by atoms with van der Waals surface area (Å²) >= 11 is 5.82. The smallest absolute Gasteiger partial charge is 0.314 e. The number of aryl methyl sites for hydroxylation is 1. The third kappa shape index (κ3) is 4.27. The zero-order valence-electron chi connectivity index (χ0n) is 12.0. The first-order chi connectivity index (χ1) is 10.9. The van der Waals surface area contributed by atoms with Crippen LogP contribution in [-0.4, -0.2) is 16.7 Å². The van der Waals surface area contributed by atoms with Crippen molar-refractivity contribution in [3.05, 3.63) is 63.2 Å². The highest BCUT2D eigenvalue weighted by Crippen LogP contribution is 2.20. The van der Waals surface area contributed by atoms with Gasteiger partial charge in [-0.15, -0.1) is 0 Å². The summed E-state index contributed by atoms with van der Waals surface area (Å²) in [5, 5.41) is 16.0. The molecule has 2 rings (SSSR count). The fourth-order valence-corrected chi connectivity index (χ4v) is 2.06. The third-order valence-corrected chi connectivity index (χ3v) is 3.19. The van der Waals surface area contributed by atoms with Crippen molar-refractivity contribution in [2.24, 2.45) is 0 Å². The van der Waals surface area contributed by atoms with Crippen LogP contribution in [0.2, 0.25) is 5.02 Å². The lowest BCUT2D eigenvalue weighted by atomic mass is 10.2. The lowest BCUT2D eigenvalue weighted by Gasteiger charge is -2.09. The molecule has 7 nitrogen and oxygen atoms in total. The molecule has 2 aromatic rings. The van der Waals surface area contributed by atoms with Crippen molar-refractivity contribution in [1.29, 1.82) is 0 Å². The van der Waals surface area contributed by atoms with Gasteiger partial charge >= 0.3 is 11.8 Å². The first kappa shape index (κ1) is 16.4. The monoisotopic (exact) mass is 333 g/mol. The predicted octanol–water partition coefficient (Wildman–Crippen LogP) is 3.13. The van der Waals surface area contributed by atoms with Gasteiger partial charge in [0.2, 0.25) is 0 Å². The van der Waals surface area contributed by atoms with E-state index in [0.717, 1.165) is 0 Å². The number of hydrogen-bond acceptors (Lipinski definition) is 4. The normalized spacial score (nSPS) is 10.0. The second kappa shape index (κ2) is 6.89. The topological polar surface area (TPSA) is 101 Å². The molecule has 23 heavy (non-hydrogen) atoms. The minimum atomic E-state index is -0.931. The Kier molecular flexibility index (Phi) is 4.92. The van der Waals surface area contributed by atoms with E-state index in [4.69, 9.17) is 11.6 Å². The van der Waals surface area contributed by atoms with Gasteiger partial charge in [0.05, 0.1) is 4.92 Å². The molecule has 0 fully saturated rings. The molecule has 0 saturated carbocycles. The maximum Gasteiger partial charge on any atom is 0.314 e. The zero-order valence-corrected chi connectivity index (χ0v) is 12.8. The summed E-state index contributed by atoms with van der Waals surface area (Å²) in [7, 11) is 0.